The average Bonchev–Trinajstić information content (AvgIpc) is 2.72. The number of anilines is 1. The second kappa shape index (κ2) is 9.94. The van der Waals surface area contributed by atoms with E-state index in [1.807, 2.05) is 30.6 Å². The first-order chi connectivity index (χ1) is 13.6. The van der Waals surface area contributed by atoms with Crippen LogP contribution in [0.3, 0.4) is 0 Å². The van der Waals surface area contributed by atoms with Gasteiger partial charge in [-0.2, -0.15) is 0 Å². The van der Waals surface area contributed by atoms with Crippen molar-refractivity contribution in [2.75, 3.05) is 25.1 Å². The van der Waals surface area contributed by atoms with Crippen molar-refractivity contribution in [1.82, 2.24) is 9.97 Å². The number of nitrogens with one attached hydrogen (secondary N) is 2. The van der Waals surface area contributed by atoms with Gasteiger partial charge in [0.05, 0.1) is 12.3 Å². The fourth-order valence-electron chi connectivity index (χ4n) is 3.25. The highest BCUT2D eigenvalue weighted by Crippen LogP contribution is 2.21. The minimum Gasteiger partial charge on any atom is -0.387 e. The third-order valence-electron chi connectivity index (χ3n) is 4.88. The van der Waals surface area contributed by atoms with Crippen molar-refractivity contribution >= 4 is 17.6 Å². The highest BCUT2D eigenvalue weighted by Gasteiger charge is 2.13. The van der Waals surface area contributed by atoms with Gasteiger partial charge in [-0.3, -0.25) is 10.2 Å². The summed E-state index contributed by atoms with van der Waals surface area (Å²) in [5, 5.41) is 10.5. The van der Waals surface area contributed by atoms with Gasteiger partial charge in [0.1, 0.15) is 5.78 Å². The highest BCUT2D eigenvalue weighted by molar-refractivity contribution is 5.98. The summed E-state index contributed by atoms with van der Waals surface area (Å²) in [6.07, 6.45) is 6.83. The monoisotopic (exact) mass is 381 g/mol. The van der Waals surface area contributed by atoms with Crippen molar-refractivity contribution in [3.8, 4) is 11.1 Å². The van der Waals surface area contributed by atoms with Crippen LogP contribution in [0.15, 0.2) is 36.7 Å². The summed E-state index contributed by atoms with van der Waals surface area (Å²) in [6.45, 7) is 2.54. The molecule has 0 unspecified atom stereocenters. The van der Waals surface area contributed by atoms with E-state index in [-0.39, 0.29) is 18.0 Å². The number of carbonyl (C=O) groups excluding carboxylic acids is 1. The van der Waals surface area contributed by atoms with Crippen molar-refractivity contribution in [3.63, 3.8) is 0 Å². The van der Waals surface area contributed by atoms with Gasteiger partial charge in [-0.15, -0.1) is 0 Å². The lowest BCUT2D eigenvalue weighted by Gasteiger charge is -2.22. The Morgan fingerprint density at radius 1 is 1.21 bits per heavy atom. The number of Topliss-reactive ketones (excluding diaryl/α,β-unsaturated/α-hetero) is 1. The van der Waals surface area contributed by atoms with Crippen LogP contribution in [-0.4, -0.2) is 41.3 Å². The minimum atomic E-state index is -0.0820. The first-order valence-corrected chi connectivity index (χ1v) is 9.67. The molecule has 7 nitrogen and oxygen atoms in total. The largest absolute Gasteiger partial charge is 0.387 e. The molecule has 1 saturated heterocycles. The molecular formula is C21H27N5O2. The zero-order chi connectivity index (χ0) is 19.8. The van der Waals surface area contributed by atoms with Crippen LogP contribution in [0.5, 0.6) is 0 Å². The fourth-order valence-corrected chi connectivity index (χ4v) is 3.25. The van der Waals surface area contributed by atoms with Gasteiger partial charge in [0.15, 0.2) is 0 Å². The molecule has 0 bridgehead atoms. The summed E-state index contributed by atoms with van der Waals surface area (Å²) in [5.74, 6) is 1.16. The number of ether oxygens (including phenoxy) is 1. The molecule has 0 atom stereocenters. The summed E-state index contributed by atoms with van der Waals surface area (Å²) < 4.78 is 5.38. The van der Waals surface area contributed by atoms with Crippen molar-refractivity contribution < 1.29 is 9.53 Å². The molecule has 4 N–H and O–H groups in total. The molecule has 1 aliphatic rings. The molecule has 0 radical (unpaired) electrons. The van der Waals surface area contributed by atoms with E-state index in [1.54, 1.807) is 0 Å². The molecule has 0 spiro atoms. The lowest BCUT2D eigenvalue weighted by molar-refractivity contribution is -0.117. The maximum absolute atomic E-state index is 11.7. The Balaban J connectivity index is 1.55. The van der Waals surface area contributed by atoms with Crippen LogP contribution in [0.25, 0.3) is 11.1 Å². The fraction of sp³-hybridized carbons (Fsp3) is 0.429. The summed E-state index contributed by atoms with van der Waals surface area (Å²) in [4.78, 5) is 20.6. The number of aromatic nitrogens is 2. The van der Waals surface area contributed by atoms with E-state index in [4.69, 9.17) is 15.9 Å². The molecular weight excluding hydrogens is 354 g/mol. The van der Waals surface area contributed by atoms with E-state index in [2.05, 4.69) is 21.4 Å². The van der Waals surface area contributed by atoms with E-state index in [9.17, 15) is 4.79 Å². The van der Waals surface area contributed by atoms with Crippen LogP contribution in [-0.2, 0) is 16.0 Å². The third-order valence-corrected chi connectivity index (χ3v) is 4.88. The van der Waals surface area contributed by atoms with Gasteiger partial charge in [0.2, 0.25) is 5.95 Å². The number of amidine groups is 1. The lowest BCUT2D eigenvalue weighted by atomic mass is 10.0. The summed E-state index contributed by atoms with van der Waals surface area (Å²) in [7, 11) is 0. The first kappa shape index (κ1) is 19.9. The number of nitrogens with zero attached hydrogens (tertiary/aromatic N) is 2. The van der Waals surface area contributed by atoms with Crippen molar-refractivity contribution in [3.05, 3.63) is 42.2 Å². The quantitative estimate of drug-likeness (QED) is 0.455. The Morgan fingerprint density at radius 2 is 1.96 bits per heavy atom. The number of aryl methyl sites for hydroxylation is 1. The molecule has 1 aromatic carbocycles. The van der Waals surface area contributed by atoms with Gasteiger partial charge < -0.3 is 15.8 Å². The normalized spacial score (nSPS) is 14.6. The lowest BCUT2D eigenvalue weighted by Crippen LogP contribution is -2.23. The SMILES string of the molecule is N=C(N)CC(=O)CCc1cccc(-c2cnc(NCC3CCOCC3)nc2)c1. The smallest absolute Gasteiger partial charge is 0.222 e. The standard InChI is InChI=1S/C21H27N5O2/c22-20(23)11-19(27)5-4-15-2-1-3-17(10-15)18-13-25-21(26-14-18)24-12-16-6-8-28-9-7-16/h1-3,10,13-14,16H,4-9,11-12H2,(H3,22,23)(H,24,25,26). The van der Waals surface area contributed by atoms with Gasteiger partial charge in [0, 0.05) is 44.1 Å². The number of hydrogen-bond donors (Lipinski definition) is 3. The van der Waals surface area contributed by atoms with Crippen LogP contribution >= 0.6 is 0 Å². The van der Waals surface area contributed by atoms with Gasteiger partial charge in [-0.05, 0) is 36.3 Å². The topological polar surface area (TPSA) is 114 Å². The number of benzene rings is 1. The molecule has 148 valence electrons. The number of carbonyl (C=O) groups is 1. The maximum atomic E-state index is 11.7. The van der Waals surface area contributed by atoms with Crippen LogP contribution in [0, 0.1) is 11.3 Å². The molecule has 0 saturated carbocycles. The zero-order valence-electron chi connectivity index (χ0n) is 16.0. The van der Waals surface area contributed by atoms with Gasteiger partial charge >= 0.3 is 0 Å². The van der Waals surface area contributed by atoms with Crippen LogP contribution in [0.1, 0.15) is 31.2 Å². The van der Waals surface area contributed by atoms with Crippen molar-refractivity contribution in [1.29, 1.82) is 5.41 Å². The summed E-state index contributed by atoms with van der Waals surface area (Å²) in [6, 6.07) is 8.02. The molecule has 7 heteroatoms. The van der Waals surface area contributed by atoms with Crippen molar-refractivity contribution in [2.24, 2.45) is 11.7 Å². The van der Waals surface area contributed by atoms with Crippen LogP contribution in [0.4, 0.5) is 5.95 Å². The predicted molar refractivity (Wildman–Crippen MR) is 109 cm³/mol. The molecule has 1 aliphatic heterocycles. The molecule has 2 heterocycles. The third kappa shape index (κ3) is 6.13. The Bertz CT molecular complexity index is 801. The first-order valence-electron chi connectivity index (χ1n) is 9.67. The van der Waals surface area contributed by atoms with E-state index in [0.717, 1.165) is 49.3 Å². The Hall–Kier alpha value is -2.80. The number of hydrogen-bond acceptors (Lipinski definition) is 6. The summed E-state index contributed by atoms with van der Waals surface area (Å²) in [5.41, 5.74) is 8.30. The van der Waals surface area contributed by atoms with E-state index >= 15 is 0 Å². The molecule has 1 aromatic heterocycles. The Kier molecular flexibility index (Phi) is 7.08. The Labute approximate surface area is 165 Å². The second-order valence-corrected chi connectivity index (χ2v) is 7.17. The number of nitrogens with two attached hydrogens (primary N) is 1. The number of rotatable bonds is 9. The molecule has 3 rings (SSSR count). The maximum Gasteiger partial charge on any atom is 0.222 e. The van der Waals surface area contributed by atoms with Gasteiger partial charge in [-0.25, -0.2) is 9.97 Å². The molecule has 1 fully saturated rings. The molecule has 0 amide bonds. The van der Waals surface area contributed by atoms with Gasteiger partial charge in [0.25, 0.3) is 0 Å². The van der Waals surface area contributed by atoms with Crippen LogP contribution in [0.2, 0.25) is 0 Å². The average molecular weight is 381 g/mol. The zero-order valence-corrected chi connectivity index (χ0v) is 16.0. The summed E-state index contributed by atoms with van der Waals surface area (Å²) >= 11 is 0. The second-order valence-electron chi connectivity index (χ2n) is 7.17. The van der Waals surface area contributed by atoms with Gasteiger partial charge in [-0.1, -0.05) is 24.3 Å². The molecule has 28 heavy (non-hydrogen) atoms. The molecule has 0 aliphatic carbocycles. The van der Waals surface area contributed by atoms with E-state index < -0.39 is 0 Å². The van der Waals surface area contributed by atoms with E-state index in [1.165, 1.54) is 0 Å². The van der Waals surface area contributed by atoms with Crippen LogP contribution < -0.4 is 11.1 Å². The Morgan fingerprint density at radius 3 is 2.68 bits per heavy atom. The molecule has 2 aromatic rings. The van der Waals surface area contributed by atoms with E-state index in [0.29, 0.717) is 24.7 Å². The highest BCUT2D eigenvalue weighted by atomic mass is 16.5. The number of ketones is 1. The van der Waals surface area contributed by atoms with Crippen molar-refractivity contribution in [2.45, 2.75) is 32.1 Å². The minimum absolute atomic E-state index is 0.0128. The predicted octanol–water partition coefficient (Wildman–Crippen LogP) is 2.81.